The van der Waals surface area contributed by atoms with E-state index in [1.165, 1.54) is 23.3 Å². The highest BCUT2D eigenvalue weighted by Gasteiger charge is 2.28. The predicted molar refractivity (Wildman–Crippen MR) is 88.2 cm³/mol. The zero-order chi connectivity index (χ0) is 16.2. The molecule has 0 unspecified atom stereocenters. The van der Waals surface area contributed by atoms with Crippen molar-refractivity contribution >= 4 is 28.2 Å². The van der Waals surface area contributed by atoms with Crippen LogP contribution in [0, 0.1) is 0 Å². The highest BCUT2D eigenvalue weighted by atomic mass is 32.1. The first kappa shape index (κ1) is 16.4. The number of ether oxygens (including phenoxy) is 2. The fourth-order valence-corrected chi connectivity index (χ4v) is 4.38. The van der Waals surface area contributed by atoms with Crippen molar-refractivity contribution in [3.63, 3.8) is 0 Å². The number of aryl methyl sites for hydroxylation is 1. The van der Waals surface area contributed by atoms with Gasteiger partial charge in [-0.25, -0.2) is 4.79 Å². The average Bonchev–Trinajstić information content (AvgIpc) is 3.14. The van der Waals surface area contributed by atoms with Gasteiger partial charge in [-0.15, -0.1) is 11.3 Å². The molecule has 1 N–H and O–H groups in total. The first-order valence-electron chi connectivity index (χ1n) is 8.02. The summed E-state index contributed by atoms with van der Waals surface area (Å²) >= 11 is 1.52. The number of carbonyl (C=O) groups is 2. The summed E-state index contributed by atoms with van der Waals surface area (Å²) in [5.74, 6) is -0.408. The number of carbonyl (C=O) groups excluding carboxylic acids is 2. The highest BCUT2D eigenvalue weighted by molar-refractivity contribution is 7.17. The number of morpholine rings is 1. The molecule has 0 aromatic carbocycles. The lowest BCUT2D eigenvalue weighted by atomic mass is 10.1. The number of anilines is 1. The van der Waals surface area contributed by atoms with Crippen LogP contribution in [-0.4, -0.2) is 56.7 Å². The molecular weight excluding hydrogens is 316 g/mol. The lowest BCUT2D eigenvalue weighted by Gasteiger charge is -2.26. The molecule has 0 atom stereocenters. The Labute approximate surface area is 139 Å². The lowest BCUT2D eigenvalue weighted by molar-refractivity contribution is -0.116. The molecule has 1 aromatic heterocycles. The maximum absolute atomic E-state index is 12.2. The highest BCUT2D eigenvalue weighted by Crippen LogP contribution is 2.39. The summed E-state index contributed by atoms with van der Waals surface area (Å²) in [6.07, 6.45) is 3.35. The quantitative estimate of drug-likeness (QED) is 0.828. The van der Waals surface area contributed by atoms with Crippen LogP contribution in [0.3, 0.4) is 0 Å². The van der Waals surface area contributed by atoms with E-state index >= 15 is 0 Å². The van der Waals surface area contributed by atoms with E-state index in [2.05, 4.69) is 10.2 Å². The van der Waals surface area contributed by atoms with E-state index in [4.69, 9.17) is 9.47 Å². The normalized spacial score (nSPS) is 17.8. The van der Waals surface area contributed by atoms with Crippen molar-refractivity contribution in [2.75, 3.05) is 45.3 Å². The summed E-state index contributed by atoms with van der Waals surface area (Å²) < 4.78 is 10.2. The van der Waals surface area contributed by atoms with Crippen LogP contribution in [0.2, 0.25) is 0 Å². The van der Waals surface area contributed by atoms with Gasteiger partial charge in [-0.2, -0.15) is 0 Å². The van der Waals surface area contributed by atoms with Crippen molar-refractivity contribution in [2.24, 2.45) is 0 Å². The van der Waals surface area contributed by atoms with Gasteiger partial charge in [0.25, 0.3) is 0 Å². The minimum absolute atomic E-state index is 0.0541. The summed E-state index contributed by atoms with van der Waals surface area (Å²) in [4.78, 5) is 27.7. The van der Waals surface area contributed by atoms with E-state index in [1.54, 1.807) is 0 Å². The Morgan fingerprint density at radius 1 is 1.30 bits per heavy atom. The Morgan fingerprint density at radius 3 is 2.83 bits per heavy atom. The van der Waals surface area contributed by atoms with Gasteiger partial charge in [0, 0.05) is 30.9 Å². The predicted octanol–water partition coefficient (Wildman–Crippen LogP) is 1.68. The molecule has 1 amide bonds. The topological polar surface area (TPSA) is 67.9 Å². The van der Waals surface area contributed by atoms with E-state index in [0.29, 0.717) is 23.5 Å². The molecule has 1 saturated heterocycles. The number of fused-ring (bicyclic) bond motifs is 1. The molecule has 6 nitrogen and oxygen atoms in total. The molecule has 0 bridgehead atoms. The van der Waals surface area contributed by atoms with Gasteiger partial charge in [-0.3, -0.25) is 9.69 Å². The summed E-state index contributed by atoms with van der Waals surface area (Å²) in [5.41, 5.74) is 1.62. The number of nitrogens with one attached hydrogen (secondary N) is 1. The third kappa shape index (κ3) is 3.73. The number of hydrogen-bond donors (Lipinski definition) is 1. The van der Waals surface area contributed by atoms with Crippen LogP contribution in [0.4, 0.5) is 5.00 Å². The molecule has 1 aliphatic carbocycles. The van der Waals surface area contributed by atoms with Crippen LogP contribution < -0.4 is 5.32 Å². The Morgan fingerprint density at radius 2 is 2.09 bits per heavy atom. The fraction of sp³-hybridized carbons (Fsp3) is 0.625. The molecule has 7 heteroatoms. The summed E-state index contributed by atoms with van der Waals surface area (Å²) in [6, 6.07) is 0. The average molecular weight is 338 g/mol. The second-order valence-corrected chi connectivity index (χ2v) is 6.91. The molecular formula is C16H22N2O4S. The molecule has 1 aromatic rings. The molecule has 23 heavy (non-hydrogen) atoms. The molecule has 0 saturated carbocycles. The number of hydrogen-bond acceptors (Lipinski definition) is 6. The number of esters is 1. The number of methoxy groups -OCH3 is 1. The first-order valence-corrected chi connectivity index (χ1v) is 8.83. The zero-order valence-electron chi connectivity index (χ0n) is 13.4. The largest absolute Gasteiger partial charge is 0.465 e. The second kappa shape index (κ2) is 7.42. The van der Waals surface area contributed by atoms with E-state index in [-0.39, 0.29) is 11.9 Å². The van der Waals surface area contributed by atoms with Crippen LogP contribution in [0.25, 0.3) is 0 Å². The first-order chi connectivity index (χ1) is 11.2. The van der Waals surface area contributed by atoms with Crippen LogP contribution in [0.15, 0.2) is 0 Å². The van der Waals surface area contributed by atoms with Crippen molar-refractivity contribution < 1.29 is 19.1 Å². The molecule has 1 aliphatic heterocycles. The number of amides is 1. The van der Waals surface area contributed by atoms with Crippen LogP contribution >= 0.6 is 11.3 Å². The van der Waals surface area contributed by atoms with Crippen LogP contribution in [0.1, 0.15) is 33.6 Å². The summed E-state index contributed by atoms with van der Waals surface area (Å²) in [7, 11) is 1.38. The third-order valence-corrected chi connectivity index (χ3v) is 5.53. The van der Waals surface area contributed by atoms with Crippen LogP contribution in [-0.2, 0) is 27.1 Å². The second-order valence-electron chi connectivity index (χ2n) is 5.81. The van der Waals surface area contributed by atoms with Crippen molar-refractivity contribution in [2.45, 2.75) is 25.7 Å². The Bertz CT molecular complexity index is 593. The number of nitrogens with zero attached hydrogens (tertiary/aromatic N) is 1. The third-order valence-electron chi connectivity index (χ3n) is 4.32. The van der Waals surface area contributed by atoms with E-state index < -0.39 is 0 Å². The SMILES string of the molecule is COC(=O)c1c(NC(=O)CCN2CCOCC2)sc2c1CCC2. The minimum Gasteiger partial charge on any atom is -0.465 e. The van der Waals surface area contributed by atoms with Gasteiger partial charge in [0.05, 0.1) is 25.9 Å². The molecule has 2 heterocycles. The standard InChI is InChI=1S/C16H22N2O4S/c1-21-16(20)14-11-3-2-4-12(11)23-15(14)17-13(19)5-6-18-7-9-22-10-8-18/h2-10H2,1H3,(H,17,19). The summed E-state index contributed by atoms with van der Waals surface area (Å²) in [6.45, 7) is 3.91. The lowest BCUT2D eigenvalue weighted by Crippen LogP contribution is -2.38. The monoisotopic (exact) mass is 338 g/mol. The van der Waals surface area contributed by atoms with Crippen molar-refractivity contribution in [1.29, 1.82) is 0 Å². The maximum atomic E-state index is 12.2. The Hall–Kier alpha value is -1.44. The van der Waals surface area contributed by atoms with Gasteiger partial charge in [-0.05, 0) is 24.8 Å². The van der Waals surface area contributed by atoms with E-state index in [0.717, 1.165) is 51.1 Å². The van der Waals surface area contributed by atoms with E-state index in [1.807, 2.05) is 0 Å². The Kier molecular flexibility index (Phi) is 5.30. The van der Waals surface area contributed by atoms with Crippen molar-refractivity contribution in [1.82, 2.24) is 4.90 Å². The molecule has 2 aliphatic rings. The molecule has 3 rings (SSSR count). The fourth-order valence-electron chi connectivity index (χ4n) is 3.08. The number of thiophene rings is 1. The van der Waals surface area contributed by atoms with Gasteiger partial charge in [0.1, 0.15) is 5.00 Å². The maximum Gasteiger partial charge on any atom is 0.341 e. The Balaban J connectivity index is 1.63. The van der Waals surface area contributed by atoms with E-state index in [9.17, 15) is 9.59 Å². The van der Waals surface area contributed by atoms with Gasteiger partial charge in [0.2, 0.25) is 5.91 Å². The minimum atomic E-state index is -0.354. The molecule has 1 fully saturated rings. The smallest absolute Gasteiger partial charge is 0.341 e. The molecule has 126 valence electrons. The zero-order valence-corrected chi connectivity index (χ0v) is 14.2. The summed E-state index contributed by atoms with van der Waals surface area (Å²) in [5, 5.41) is 3.56. The van der Waals surface area contributed by atoms with Gasteiger partial charge in [-0.1, -0.05) is 0 Å². The van der Waals surface area contributed by atoms with Crippen molar-refractivity contribution in [3.05, 3.63) is 16.0 Å². The van der Waals surface area contributed by atoms with Gasteiger partial charge in [0.15, 0.2) is 0 Å². The molecule has 0 radical (unpaired) electrons. The molecule has 0 spiro atoms. The van der Waals surface area contributed by atoms with Gasteiger partial charge < -0.3 is 14.8 Å². The van der Waals surface area contributed by atoms with Gasteiger partial charge >= 0.3 is 5.97 Å². The van der Waals surface area contributed by atoms with Crippen LogP contribution in [0.5, 0.6) is 0 Å². The number of rotatable bonds is 5. The van der Waals surface area contributed by atoms with Crippen molar-refractivity contribution in [3.8, 4) is 0 Å².